The highest BCUT2D eigenvalue weighted by Gasteiger charge is 2.51. The zero-order valence-electron chi connectivity index (χ0n) is 15.9. The van der Waals surface area contributed by atoms with Crippen LogP contribution in [0, 0.1) is 6.92 Å². The van der Waals surface area contributed by atoms with E-state index in [1.54, 1.807) is 13.0 Å². The van der Waals surface area contributed by atoms with Gasteiger partial charge in [-0.2, -0.15) is 0 Å². The van der Waals surface area contributed by atoms with Gasteiger partial charge < -0.3 is 29.2 Å². The fraction of sp³-hybridized carbons (Fsp3) is 0.421. The number of hydrogen-bond donors (Lipinski definition) is 3. The minimum Gasteiger partial charge on any atom is -0.507 e. The summed E-state index contributed by atoms with van der Waals surface area (Å²) in [7, 11) is 2.12. The molecule has 10 heteroatoms. The number of esters is 2. The Morgan fingerprint density at radius 3 is 2.66 bits per heavy atom. The second kappa shape index (κ2) is 7.69. The molecule has 3 atom stereocenters. The molecule has 3 N–H and O–H groups in total. The summed E-state index contributed by atoms with van der Waals surface area (Å²) >= 11 is 0.926. The number of fused-ring (bicyclic) bond motifs is 2. The van der Waals surface area contributed by atoms with Crippen molar-refractivity contribution in [2.75, 3.05) is 14.2 Å². The zero-order chi connectivity index (χ0) is 21.5. The molecule has 29 heavy (non-hydrogen) atoms. The Balaban J connectivity index is 2.04. The Morgan fingerprint density at radius 2 is 2.03 bits per heavy atom. The van der Waals surface area contributed by atoms with E-state index in [4.69, 9.17) is 4.42 Å². The molecule has 156 valence electrons. The van der Waals surface area contributed by atoms with Gasteiger partial charge in [0.25, 0.3) is 0 Å². The number of methoxy groups -OCH3 is 2. The maximum Gasteiger partial charge on any atom is 0.339 e. The molecule has 1 aromatic heterocycles. The van der Waals surface area contributed by atoms with Crippen molar-refractivity contribution >= 4 is 34.7 Å². The second-order valence-electron chi connectivity index (χ2n) is 6.82. The van der Waals surface area contributed by atoms with Gasteiger partial charge in [0, 0.05) is 6.42 Å². The highest BCUT2D eigenvalue weighted by molar-refractivity contribution is 8.00. The number of thioether (sulfide) groups is 1. The number of aliphatic hydroxyl groups excluding tert-OH is 1. The van der Waals surface area contributed by atoms with Crippen molar-refractivity contribution in [3.05, 3.63) is 33.5 Å². The lowest BCUT2D eigenvalue weighted by Crippen LogP contribution is -2.52. The number of aliphatic hydroxyl groups is 2. The molecule has 0 radical (unpaired) electrons. The number of rotatable bonds is 5. The number of aryl methyl sites for hydroxylation is 1. The first-order valence-corrected chi connectivity index (χ1v) is 9.53. The van der Waals surface area contributed by atoms with Crippen LogP contribution in [0.25, 0.3) is 11.0 Å². The van der Waals surface area contributed by atoms with Gasteiger partial charge in [-0.1, -0.05) is 11.8 Å². The first kappa shape index (κ1) is 21.2. The third kappa shape index (κ3) is 3.59. The molecule has 0 bridgehead atoms. The molecular weight excluding hydrogens is 404 g/mol. The van der Waals surface area contributed by atoms with E-state index in [1.807, 2.05) is 0 Å². The third-order valence-electron chi connectivity index (χ3n) is 4.86. The van der Waals surface area contributed by atoms with Gasteiger partial charge in [0.05, 0.1) is 25.0 Å². The minimum absolute atomic E-state index is 0.00630. The SMILES string of the molecule is COC(=O)[C@H](O)C[C@@](O)(C(=O)OC)C1Cc2c(oc3cc(C)cc(O)c3c2=O)S1. The van der Waals surface area contributed by atoms with Crippen molar-refractivity contribution in [3.63, 3.8) is 0 Å². The number of phenolic OH excluding ortho intramolecular Hbond substituents is 1. The summed E-state index contributed by atoms with van der Waals surface area (Å²) in [5, 5.41) is 30.4. The second-order valence-corrected chi connectivity index (χ2v) is 8.00. The summed E-state index contributed by atoms with van der Waals surface area (Å²) < 4.78 is 14.9. The Hall–Kier alpha value is -2.56. The summed E-state index contributed by atoms with van der Waals surface area (Å²) in [6.45, 7) is 1.73. The average molecular weight is 424 g/mol. The number of aromatic hydroxyl groups is 1. The predicted octanol–water partition coefficient (Wildman–Crippen LogP) is 0.652. The normalized spacial score (nSPS) is 18.7. The molecule has 0 saturated heterocycles. The number of carbonyl (C=O) groups is 2. The van der Waals surface area contributed by atoms with E-state index in [-0.39, 0.29) is 33.8 Å². The van der Waals surface area contributed by atoms with E-state index < -0.39 is 40.7 Å². The maximum absolute atomic E-state index is 12.9. The monoisotopic (exact) mass is 424 g/mol. The molecule has 9 nitrogen and oxygen atoms in total. The van der Waals surface area contributed by atoms with Gasteiger partial charge in [-0.15, -0.1) is 0 Å². The van der Waals surface area contributed by atoms with Gasteiger partial charge in [-0.25, -0.2) is 9.59 Å². The van der Waals surface area contributed by atoms with Crippen LogP contribution in [0.1, 0.15) is 17.5 Å². The van der Waals surface area contributed by atoms with Gasteiger partial charge in [-0.3, -0.25) is 4.79 Å². The quantitative estimate of drug-likeness (QED) is 0.585. The summed E-state index contributed by atoms with van der Waals surface area (Å²) in [6, 6.07) is 3.03. The molecule has 1 aliphatic heterocycles. The van der Waals surface area contributed by atoms with E-state index >= 15 is 0 Å². The fourth-order valence-corrected chi connectivity index (χ4v) is 4.73. The molecule has 2 heterocycles. The van der Waals surface area contributed by atoms with Crippen LogP contribution in [-0.2, 0) is 25.5 Å². The topological polar surface area (TPSA) is 144 Å². The Labute approximate surface area is 169 Å². The van der Waals surface area contributed by atoms with E-state index in [0.717, 1.165) is 26.0 Å². The highest BCUT2D eigenvalue weighted by atomic mass is 32.2. The lowest BCUT2D eigenvalue weighted by molar-refractivity contribution is -0.169. The smallest absolute Gasteiger partial charge is 0.339 e. The molecule has 0 spiro atoms. The molecule has 3 rings (SSSR count). The molecular formula is C19H20O9S. The zero-order valence-corrected chi connectivity index (χ0v) is 16.7. The van der Waals surface area contributed by atoms with Gasteiger partial charge in [0.2, 0.25) is 5.43 Å². The van der Waals surface area contributed by atoms with Gasteiger partial charge >= 0.3 is 11.9 Å². The summed E-state index contributed by atoms with van der Waals surface area (Å²) in [5.74, 6) is -2.32. The van der Waals surface area contributed by atoms with Crippen molar-refractivity contribution in [1.29, 1.82) is 0 Å². The Morgan fingerprint density at radius 1 is 1.34 bits per heavy atom. The Kier molecular flexibility index (Phi) is 5.61. The van der Waals surface area contributed by atoms with Crippen LogP contribution in [0.15, 0.2) is 26.4 Å². The van der Waals surface area contributed by atoms with Gasteiger partial charge in [-0.05, 0) is 31.0 Å². The Bertz CT molecular complexity index is 1040. The van der Waals surface area contributed by atoms with E-state index in [0.29, 0.717) is 5.56 Å². The highest BCUT2D eigenvalue weighted by Crippen LogP contribution is 2.44. The van der Waals surface area contributed by atoms with E-state index in [2.05, 4.69) is 9.47 Å². The largest absolute Gasteiger partial charge is 0.507 e. The predicted molar refractivity (Wildman–Crippen MR) is 102 cm³/mol. The molecule has 0 fully saturated rings. The van der Waals surface area contributed by atoms with Gasteiger partial charge in [0.1, 0.15) is 16.7 Å². The summed E-state index contributed by atoms with van der Waals surface area (Å²) in [4.78, 5) is 36.8. The molecule has 0 amide bonds. The van der Waals surface area contributed by atoms with Crippen LogP contribution in [0.2, 0.25) is 0 Å². The molecule has 1 aromatic carbocycles. The van der Waals surface area contributed by atoms with Crippen molar-refractivity contribution in [1.82, 2.24) is 0 Å². The fourth-order valence-electron chi connectivity index (χ4n) is 3.38. The van der Waals surface area contributed by atoms with Crippen LogP contribution in [-0.4, -0.2) is 58.4 Å². The summed E-state index contributed by atoms with van der Waals surface area (Å²) in [5.41, 5.74) is -1.73. The maximum atomic E-state index is 12.9. The molecule has 2 aromatic rings. The van der Waals surface area contributed by atoms with Gasteiger partial charge in [0.15, 0.2) is 16.8 Å². The number of carbonyl (C=O) groups excluding carboxylic acids is 2. The van der Waals surface area contributed by atoms with Crippen molar-refractivity contribution in [2.45, 2.75) is 41.8 Å². The standard InChI is InChI=1S/C19H20O9S/c1-8-4-10(20)14-12(5-8)28-17-9(15(14)22)6-13(29-17)19(25,18(24)27-3)7-11(21)16(23)26-2/h4-5,11,13,20-21,25H,6-7H2,1-3H3/t11-,13?,19+/m1/s1. The first-order chi connectivity index (χ1) is 13.6. The molecule has 0 saturated carbocycles. The van der Waals surface area contributed by atoms with Crippen molar-refractivity contribution in [3.8, 4) is 5.75 Å². The lowest BCUT2D eigenvalue weighted by atomic mass is 9.88. The van der Waals surface area contributed by atoms with Crippen molar-refractivity contribution < 1.29 is 38.8 Å². The van der Waals surface area contributed by atoms with E-state index in [9.17, 15) is 29.7 Å². The number of ether oxygens (including phenoxy) is 2. The van der Waals surface area contributed by atoms with Crippen LogP contribution in [0.5, 0.6) is 5.75 Å². The van der Waals surface area contributed by atoms with Crippen LogP contribution in [0.4, 0.5) is 0 Å². The first-order valence-electron chi connectivity index (χ1n) is 8.65. The number of benzene rings is 1. The van der Waals surface area contributed by atoms with E-state index in [1.165, 1.54) is 6.07 Å². The van der Waals surface area contributed by atoms with Crippen LogP contribution in [0.3, 0.4) is 0 Å². The lowest BCUT2D eigenvalue weighted by Gasteiger charge is -2.31. The molecule has 1 aliphatic rings. The number of hydrogen-bond acceptors (Lipinski definition) is 10. The number of phenols is 1. The van der Waals surface area contributed by atoms with Crippen molar-refractivity contribution in [2.24, 2.45) is 0 Å². The van der Waals surface area contributed by atoms with Crippen LogP contribution >= 0.6 is 11.8 Å². The minimum atomic E-state index is -2.29. The molecule has 0 aliphatic carbocycles. The molecule has 1 unspecified atom stereocenters. The summed E-state index contributed by atoms with van der Waals surface area (Å²) in [6.07, 6.45) is -2.55. The third-order valence-corrected chi connectivity index (χ3v) is 6.25. The van der Waals surface area contributed by atoms with Crippen LogP contribution < -0.4 is 5.43 Å². The average Bonchev–Trinajstić information content (AvgIpc) is 3.10.